The van der Waals surface area contributed by atoms with Crippen LogP contribution in [0.3, 0.4) is 0 Å². The zero-order chi connectivity index (χ0) is 9.68. The number of hydrogen-bond acceptors (Lipinski definition) is 5. The second kappa shape index (κ2) is 5.49. The SMILES string of the molecule is COCC(C)OCc1nnc(Cl)s1. The topological polar surface area (TPSA) is 44.2 Å². The van der Waals surface area contributed by atoms with Crippen LogP contribution in [0.1, 0.15) is 11.9 Å². The van der Waals surface area contributed by atoms with Crippen LogP contribution in [-0.2, 0) is 16.1 Å². The van der Waals surface area contributed by atoms with Crippen molar-refractivity contribution in [3.63, 3.8) is 0 Å². The molecule has 0 radical (unpaired) electrons. The third-order valence-electron chi connectivity index (χ3n) is 1.33. The monoisotopic (exact) mass is 222 g/mol. The molecule has 0 aliphatic heterocycles. The van der Waals surface area contributed by atoms with E-state index in [4.69, 9.17) is 21.1 Å². The Bertz CT molecular complexity index is 256. The zero-order valence-electron chi connectivity index (χ0n) is 7.49. The molecule has 0 aromatic carbocycles. The van der Waals surface area contributed by atoms with Crippen molar-refractivity contribution in [2.24, 2.45) is 0 Å². The minimum absolute atomic E-state index is 0.0627. The van der Waals surface area contributed by atoms with Gasteiger partial charge in [0.15, 0.2) is 0 Å². The fourth-order valence-corrected chi connectivity index (χ4v) is 1.58. The van der Waals surface area contributed by atoms with Gasteiger partial charge in [0.25, 0.3) is 0 Å². The van der Waals surface area contributed by atoms with Crippen LogP contribution in [-0.4, -0.2) is 30.0 Å². The smallest absolute Gasteiger partial charge is 0.207 e. The molecular weight excluding hydrogens is 212 g/mol. The van der Waals surface area contributed by atoms with E-state index in [0.717, 1.165) is 5.01 Å². The van der Waals surface area contributed by atoms with E-state index in [0.29, 0.717) is 17.7 Å². The quantitative estimate of drug-likeness (QED) is 0.762. The molecule has 0 N–H and O–H groups in total. The Hall–Kier alpha value is -0.230. The van der Waals surface area contributed by atoms with E-state index < -0.39 is 0 Å². The Balaban J connectivity index is 2.26. The van der Waals surface area contributed by atoms with E-state index in [1.807, 2.05) is 6.92 Å². The standard InChI is InChI=1S/C7H11ClN2O2S/c1-5(3-11-2)12-4-6-9-10-7(8)13-6/h5H,3-4H2,1-2H3. The summed E-state index contributed by atoms with van der Waals surface area (Å²) in [5.74, 6) is 0. The van der Waals surface area contributed by atoms with E-state index in [9.17, 15) is 0 Å². The lowest BCUT2D eigenvalue weighted by atomic mass is 10.4. The van der Waals surface area contributed by atoms with Gasteiger partial charge in [0.05, 0.1) is 12.7 Å². The summed E-state index contributed by atoms with van der Waals surface area (Å²) in [6, 6.07) is 0. The molecule has 0 aliphatic rings. The van der Waals surface area contributed by atoms with Gasteiger partial charge in [0, 0.05) is 7.11 Å². The number of methoxy groups -OCH3 is 1. The minimum Gasteiger partial charge on any atom is -0.382 e. The molecule has 0 saturated carbocycles. The van der Waals surface area contributed by atoms with Gasteiger partial charge >= 0.3 is 0 Å². The first kappa shape index (κ1) is 10.8. The molecule has 4 nitrogen and oxygen atoms in total. The molecule has 1 heterocycles. The van der Waals surface area contributed by atoms with Crippen molar-refractivity contribution in [1.82, 2.24) is 10.2 Å². The Morgan fingerprint density at radius 2 is 2.31 bits per heavy atom. The maximum absolute atomic E-state index is 5.60. The van der Waals surface area contributed by atoms with Gasteiger partial charge in [0.1, 0.15) is 11.6 Å². The van der Waals surface area contributed by atoms with Gasteiger partial charge in [0.2, 0.25) is 4.47 Å². The third kappa shape index (κ3) is 3.99. The van der Waals surface area contributed by atoms with Crippen LogP contribution in [0.25, 0.3) is 0 Å². The highest BCUT2D eigenvalue weighted by Crippen LogP contribution is 2.15. The molecular formula is C7H11ClN2O2S. The molecule has 13 heavy (non-hydrogen) atoms. The first-order valence-electron chi connectivity index (χ1n) is 3.80. The van der Waals surface area contributed by atoms with Crippen molar-refractivity contribution in [3.05, 3.63) is 9.47 Å². The maximum Gasteiger partial charge on any atom is 0.207 e. The summed E-state index contributed by atoms with van der Waals surface area (Å²) in [5.41, 5.74) is 0. The first-order chi connectivity index (χ1) is 6.22. The third-order valence-corrected chi connectivity index (χ3v) is 2.33. The van der Waals surface area contributed by atoms with E-state index in [1.165, 1.54) is 11.3 Å². The van der Waals surface area contributed by atoms with E-state index in [-0.39, 0.29) is 6.10 Å². The molecule has 1 aromatic rings. The van der Waals surface area contributed by atoms with Crippen molar-refractivity contribution in [3.8, 4) is 0 Å². The number of nitrogens with zero attached hydrogens (tertiary/aromatic N) is 2. The van der Waals surface area contributed by atoms with Gasteiger partial charge in [-0.2, -0.15) is 0 Å². The van der Waals surface area contributed by atoms with Gasteiger partial charge < -0.3 is 9.47 Å². The molecule has 0 spiro atoms. The lowest BCUT2D eigenvalue weighted by Gasteiger charge is -2.09. The largest absolute Gasteiger partial charge is 0.382 e. The fourth-order valence-electron chi connectivity index (χ4n) is 0.788. The highest BCUT2D eigenvalue weighted by Gasteiger charge is 2.05. The highest BCUT2D eigenvalue weighted by molar-refractivity contribution is 7.15. The van der Waals surface area contributed by atoms with Crippen molar-refractivity contribution >= 4 is 22.9 Å². The Kier molecular flexibility index (Phi) is 4.58. The maximum atomic E-state index is 5.60. The van der Waals surface area contributed by atoms with Crippen molar-refractivity contribution < 1.29 is 9.47 Å². The summed E-state index contributed by atoms with van der Waals surface area (Å²) in [7, 11) is 1.64. The number of aromatic nitrogens is 2. The molecule has 74 valence electrons. The summed E-state index contributed by atoms with van der Waals surface area (Å²) in [4.78, 5) is 0. The van der Waals surface area contributed by atoms with Gasteiger partial charge in [-0.1, -0.05) is 11.3 Å². The molecule has 6 heteroatoms. The molecule has 0 amide bonds. The number of rotatable bonds is 5. The first-order valence-corrected chi connectivity index (χ1v) is 5.00. The molecule has 0 bridgehead atoms. The van der Waals surface area contributed by atoms with E-state index in [2.05, 4.69) is 10.2 Å². The molecule has 1 unspecified atom stereocenters. The van der Waals surface area contributed by atoms with Crippen LogP contribution in [0.5, 0.6) is 0 Å². The average Bonchev–Trinajstić information content (AvgIpc) is 2.49. The zero-order valence-corrected chi connectivity index (χ0v) is 9.06. The number of hydrogen-bond donors (Lipinski definition) is 0. The average molecular weight is 223 g/mol. The molecule has 1 aromatic heterocycles. The second-order valence-electron chi connectivity index (χ2n) is 2.53. The predicted molar refractivity (Wildman–Crippen MR) is 51.0 cm³/mol. The van der Waals surface area contributed by atoms with Crippen LogP contribution in [0.4, 0.5) is 0 Å². The van der Waals surface area contributed by atoms with E-state index >= 15 is 0 Å². The lowest BCUT2D eigenvalue weighted by Crippen LogP contribution is -2.14. The van der Waals surface area contributed by atoms with Crippen LogP contribution >= 0.6 is 22.9 Å². The van der Waals surface area contributed by atoms with Crippen LogP contribution in [0.2, 0.25) is 4.47 Å². The highest BCUT2D eigenvalue weighted by atomic mass is 35.5. The number of halogens is 1. The van der Waals surface area contributed by atoms with Gasteiger partial charge in [-0.15, -0.1) is 10.2 Å². The van der Waals surface area contributed by atoms with Gasteiger partial charge in [-0.3, -0.25) is 0 Å². The lowest BCUT2D eigenvalue weighted by molar-refractivity contribution is -0.000356. The van der Waals surface area contributed by atoms with Crippen LogP contribution in [0, 0.1) is 0 Å². The van der Waals surface area contributed by atoms with Crippen molar-refractivity contribution in [2.75, 3.05) is 13.7 Å². The van der Waals surface area contributed by atoms with Crippen molar-refractivity contribution in [1.29, 1.82) is 0 Å². The number of ether oxygens (including phenoxy) is 2. The molecule has 0 saturated heterocycles. The Morgan fingerprint density at radius 1 is 1.54 bits per heavy atom. The Morgan fingerprint density at radius 3 is 2.85 bits per heavy atom. The summed E-state index contributed by atoms with van der Waals surface area (Å²) in [5, 5.41) is 8.27. The molecule has 1 rings (SSSR count). The van der Waals surface area contributed by atoms with Crippen molar-refractivity contribution in [2.45, 2.75) is 19.6 Å². The van der Waals surface area contributed by atoms with Crippen LogP contribution in [0.15, 0.2) is 0 Å². The molecule has 0 fully saturated rings. The normalized spacial score (nSPS) is 13.2. The predicted octanol–water partition coefficient (Wildman–Crippen LogP) is 1.74. The summed E-state index contributed by atoms with van der Waals surface area (Å²) >= 11 is 6.93. The molecule has 0 aliphatic carbocycles. The summed E-state index contributed by atoms with van der Waals surface area (Å²) < 4.78 is 10.8. The second-order valence-corrected chi connectivity index (χ2v) is 4.17. The van der Waals surface area contributed by atoms with Gasteiger partial charge in [-0.05, 0) is 18.5 Å². The molecule has 1 atom stereocenters. The summed E-state index contributed by atoms with van der Waals surface area (Å²) in [6.45, 7) is 2.95. The van der Waals surface area contributed by atoms with Crippen LogP contribution < -0.4 is 0 Å². The summed E-state index contributed by atoms with van der Waals surface area (Å²) in [6.07, 6.45) is 0.0627. The van der Waals surface area contributed by atoms with Gasteiger partial charge in [-0.25, -0.2) is 0 Å². The fraction of sp³-hybridized carbons (Fsp3) is 0.714. The Labute approximate surface area is 85.8 Å². The van der Waals surface area contributed by atoms with E-state index in [1.54, 1.807) is 7.11 Å². The minimum atomic E-state index is 0.0627.